The monoisotopic (exact) mass is 534 g/mol. The molecule has 3 aromatic rings. The molecule has 3 heterocycles. The Balaban J connectivity index is 1.66. The van der Waals surface area contributed by atoms with Gasteiger partial charge in [-0.2, -0.15) is 0 Å². The van der Waals surface area contributed by atoms with E-state index in [2.05, 4.69) is 11.6 Å². The molecule has 1 aromatic heterocycles. The van der Waals surface area contributed by atoms with Gasteiger partial charge in [-0.15, -0.1) is 0 Å². The van der Waals surface area contributed by atoms with Gasteiger partial charge in [-0.05, 0) is 43.7 Å². The Morgan fingerprint density at radius 1 is 1.32 bits per heavy atom. The fourth-order valence-corrected chi connectivity index (χ4v) is 5.61. The maximum atomic E-state index is 15.1. The molecule has 2 aliphatic rings. The smallest absolute Gasteiger partial charge is 0.350 e. The van der Waals surface area contributed by atoms with Crippen molar-refractivity contribution in [3.05, 3.63) is 93.8 Å². The number of aliphatic hydroxyl groups excluding tert-OH is 1. The van der Waals surface area contributed by atoms with E-state index in [9.17, 15) is 19.5 Å². The van der Waals surface area contributed by atoms with Crippen LogP contribution in [0.3, 0.4) is 0 Å². The van der Waals surface area contributed by atoms with Gasteiger partial charge in [-0.1, -0.05) is 42.2 Å². The zero-order valence-electron chi connectivity index (χ0n) is 20.6. The predicted molar refractivity (Wildman–Crippen MR) is 139 cm³/mol. The Kier molecular flexibility index (Phi) is 6.58. The summed E-state index contributed by atoms with van der Waals surface area (Å²) in [6, 6.07) is 9.33. The highest BCUT2D eigenvalue weighted by molar-refractivity contribution is 7.17. The summed E-state index contributed by atoms with van der Waals surface area (Å²) in [6.07, 6.45) is 1.99. The van der Waals surface area contributed by atoms with E-state index in [1.54, 1.807) is 31.2 Å². The number of esters is 1. The molecule has 2 atom stereocenters. The van der Waals surface area contributed by atoms with Crippen LogP contribution in [0.25, 0.3) is 5.76 Å². The molecule has 2 aromatic carbocycles. The maximum absolute atomic E-state index is 15.1. The van der Waals surface area contributed by atoms with Crippen LogP contribution in [0.15, 0.2) is 60.7 Å². The third-order valence-electron chi connectivity index (χ3n) is 6.32. The molecular weight excluding hydrogens is 511 g/mol. The summed E-state index contributed by atoms with van der Waals surface area (Å²) >= 11 is 0.841. The molecule has 0 saturated carbocycles. The quantitative estimate of drug-likeness (QED) is 0.158. The number of hydrogen-bond acceptors (Lipinski definition) is 8. The number of carbonyl (C=O) groups is 3. The largest absolute Gasteiger partial charge is 0.507 e. The third kappa shape index (κ3) is 4.26. The SMILES string of the molecule is C=CCOC(=O)c1sc(N2C(=O)C(=O)C(=C(O)c3ccc4c(c3)C[C@@H](C)O4)[C@@H]2c2ccccc2F)nc1C. The minimum Gasteiger partial charge on any atom is -0.507 e. The number of benzene rings is 2. The van der Waals surface area contributed by atoms with Gasteiger partial charge in [0.05, 0.1) is 11.3 Å². The Morgan fingerprint density at radius 2 is 2.08 bits per heavy atom. The summed E-state index contributed by atoms with van der Waals surface area (Å²) in [5.74, 6) is -3.11. The number of ether oxygens (including phenoxy) is 2. The second kappa shape index (κ2) is 9.86. The molecule has 0 radical (unpaired) electrons. The number of aryl methyl sites for hydroxylation is 1. The highest BCUT2D eigenvalue weighted by Crippen LogP contribution is 2.45. The lowest BCUT2D eigenvalue weighted by molar-refractivity contribution is -0.132. The number of hydrogen-bond donors (Lipinski definition) is 1. The maximum Gasteiger partial charge on any atom is 0.350 e. The molecule has 1 N–H and O–H groups in total. The van der Waals surface area contributed by atoms with Gasteiger partial charge in [0.25, 0.3) is 5.78 Å². The molecule has 8 nitrogen and oxygen atoms in total. The molecule has 38 heavy (non-hydrogen) atoms. The second-order valence-electron chi connectivity index (χ2n) is 8.94. The molecule has 1 fully saturated rings. The Bertz CT molecular complexity index is 1530. The second-order valence-corrected chi connectivity index (χ2v) is 9.92. The number of halogens is 1. The number of carbonyl (C=O) groups excluding carboxylic acids is 3. The van der Waals surface area contributed by atoms with Crippen molar-refractivity contribution in [2.75, 3.05) is 11.5 Å². The minimum absolute atomic E-state index is 0.00126. The van der Waals surface area contributed by atoms with Crippen molar-refractivity contribution in [1.82, 2.24) is 4.98 Å². The number of Topliss-reactive ketones (excluding diaryl/α,β-unsaturated/α-hetero) is 1. The average Bonchev–Trinajstić information content (AvgIpc) is 3.54. The molecule has 0 bridgehead atoms. The van der Waals surface area contributed by atoms with Crippen LogP contribution in [0, 0.1) is 12.7 Å². The Morgan fingerprint density at radius 3 is 2.82 bits per heavy atom. The number of aliphatic hydroxyl groups is 1. The Hall–Kier alpha value is -4.31. The lowest BCUT2D eigenvalue weighted by Crippen LogP contribution is -2.29. The van der Waals surface area contributed by atoms with Crippen LogP contribution in [0.1, 0.15) is 45.0 Å². The number of fused-ring (bicyclic) bond motifs is 1. The number of ketones is 1. The van der Waals surface area contributed by atoms with Crippen molar-refractivity contribution in [3.63, 3.8) is 0 Å². The molecule has 0 unspecified atom stereocenters. The van der Waals surface area contributed by atoms with E-state index in [4.69, 9.17) is 9.47 Å². The van der Waals surface area contributed by atoms with E-state index in [1.165, 1.54) is 24.3 Å². The molecule has 2 aliphatic heterocycles. The summed E-state index contributed by atoms with van der Waals surface area (Å²) in [5, 5.41) is 11.4. The highest BCUT2D eigenvalue weighted by atomic mass is 32.1. The zero-order chi connectivity index (χ0) is 27.1. The molecule has 0 aliphatic carbocycles. The van der Waals surface area contributed by atoms with Crippen molar-refractivity contribution in [3.8, 4) is 5.75 Å². The van der Waals surface area contributed by atoms with Crippen LogP contribution < -0.4 is 9.64 Å². The minimum atomic E-state index is -1.32. The lowest BCUT2D eigenvalue weighted by Gasteiger charge is -2.23. The van der Waals surface area contributed by atoms with E-state index < -0.39 is 35.3 Å². The van der Waals surface area contributed by atoms with Gasteiger partial charge in [0.15, 0.2) is 5.13 Å². The van der Waals surface area contributed by atoms with Crippen molar-refractivity contribution in [2.24, 2.45) is 0 Å². The zero-order valence-corrected chi connectivity index (χ0v) is 21.4. The number of rotatable bonds is 6. The average molecular weight is 535 g/mol. The molecule has 0 spiro atoms. The first-order chi connectivity index (χ1) is 18.2. The predicted octanol–water partition coefficient (Wildman–Crippen LogP) is 4.88. The van der Waals surface area contributed by atoms with Gasteiger partial charge in [0.2, 0.25) is 0 Å². The fraction of sp³-hybridized carbons (Fsp3) is 0.214. The summed E-state index contributed by atoms with van der Waals surface area (Å²) in [4.78, 5) is 44.7. The molecule has 1 saturated heterocycles. The molecular formula is C28H23FN2O6S. The van der Waals surface area contributed by atoms with Crippen molar-refractivity contribution < 1.29 is 33.4 Å². The fourth-order valence-electron chi connectivity index (χ4n) is 4.62. The molecule has 10 heteroatoms. The van der Waals surface area contributed by atoms with E-state index in [-0.39, 0.29) is 39.6 Å². The van der Waals surface area contributed by atoms with E-state index in [0.717, 1.165) is 21.8 Å². The summed E-state index contributed by atoms with van der Waals surface area (Å²) < 4.78 is 25.9. The number of nitrogens with zero attached hydrogens (tertiary/aromatic N) is 2. The first kappa shape index (κ1) is 25.3. The van der Waals surface area contributed by atoms with Gasteiger partial charge in [-0.25, -0.2) is 14.2 Å². The van der Waals surface area contributed by atoms with Crippen LogP contribution in [-0.2, 0) is 20.7 Å². The van der Waals surface area contributed by atoms with Gasteiger partial charge in [-0.3, -0.25) is 14.5 Å². The van der Waals surface area contributed by atoms with Gasteiger partial charge in [0.1, 0.15) is 41.0 Å². The van der Waals surface area contributed by atoms with Crippen LogP contribution in [-0.4, -0.2) is 40.5 Å². The van der Waals surface area contributed by atoms with E-state index in [0.29, 0.717) is 17.7 Å². The summed E-state index contributed by atoms with van der Waals surface area (Å²) in [7, 11) is 0. The van der Waals surface area contributed by atoms with Gasteiger partial charge < -0.3 is 14.6 Å². The van der Waals surface area contributed by atoms with Crippen molar-refractivity contribution in [1.29, 1.82) is 0 Å². The highest BCUT2D eigenvalue weighted by Gasteiger charge is 2.49. The third-order valence-corrected chi connectivity index (χ3v) is 7.46. The number of amides is 1. The van der Waals surface area contributed by atoms with E-state index in [1.807, 2.05) is 6.92 Å². The number of thiazole rings is 1. The van der Waals surface area contributed by atoms with Crippen molar-refractivity contribution >= 4 is 39.9 Å². The van der Waals surface area contributed by atoms with Gasteiger partial charge >= 0.3 is 11.9 Å². The molecule has 1 amide bonds. The lowest BCUT2D eigenvalue weighted by atomic mass is 9.94. The number of aromatic nitrogens is 1. The summed E-state index contributed by atoms with van der Waals surface area (Å²) in [6.45, 7) is 6.97. The number of anilines is 1. The topological polar surface area (TPSA) is 106 Å². The standard InChI is InChI=1S/C28H23FN2O6S/c1-4-11-36-27(35)25-15(3)30-28(38-25)31-22(18-7-5-6-8-19(18)29)21(24(33)26(31)34)23(32)16-9-10-20-17(13-16)12-14(2)37-20/h4-10,13-14,22,32H,1,11-12H2,2-3H3/t14-,22+/m1/s1. The molecule has 194 valence electrons. The molecule has 5 rings (SSSR count). The first-order valence-corrected chi connectivity index (χ1v) is 12.6. The Labute approximate surface area is 221 Å². The van der Waals surface area contributed by atoms with E-state index >= 15 is 4.39 Å². The normalized spacial score (nSPS) is 19.8. The van der Waals surface area contributed by atoms with Crippen LogP contribution >= 0.6 is 11.3 Å². The first-order valence-electron chi connectivity index (χ1n) is 11.8. The van der Waals surface area contributed by atoms with Crippen molar-refractivity contribution in [2.45, 2.75) is 32.4 Å². The van der Waals surface area contributed by atoms with Crippen LogP contribution in [0.5, 0.6) is 5.75 Å². The van der Waals surface area contributed by atoms with Gasteiger partial charge in [0, 0.05) is 17.5 Å². The summed E-state index contributed by atoms with van der Waals surface area (Å²) in [5.41, 5.74) is 1.13. The van der Waals surface area contributed by atoms with Crippen LogP contribution in [0.4, 0.5) is 9.52 Å². The van der Waals surface area contributed by atoms with Crippen LogP contribution in [0.2, 0.25) is 0 Å².